The van der Waals surface area contributed by atoms with Crippen molar-refractivity contribution >= 4 is 27.2 Å². The highest BCUT2D eigenvalue weighted by molar-refractivity contribution is 7.22. The first kappa shape index (κ1) is 16.1. The maximum Gasteiger partial charge on any atom is 0.151 e. The maximum atomic E-state index is 14.8. The van der Waals surface area contributed by atoms with Gasteiger partial charge in [0.15, 0.2) is 5.82 Å². The quantitative estimate of drug-likeness (QED) is 0.767. The van der Waals surface area contributed by atoms with Gasteiger partial charge in [-0.1, -0.05) is 0 Å². The molecule has 5 nitrogen and oxygen atoms in total. The largest absolute Gasteiger partial charge is 0.352 e. The molecule has 0 amide bonds. The molecule has 0 radical (unpaired) electrons. The van der Waals surface area contributed by atoms with Crippen LogP contribution < -0.4 is 10.2 Å². The van der Waals surface area contributed by atoms with Crippen LogP contribution in [0.4, 0.5) is 10.2 Å². The number of aromatic nitrogens is 3. The first-order valence-corrected chi connectivity index (χ1v) is 9.81. The van der Waals surface area contributed by atoms with E-state index in [1.54, 1.807) is 17.5 Å². The van der Waals surface area contributed by atoms with Crippen molar-refractivity contribution in [1.29, 1.82) is 0 Å². The molecule has 2 bridgehead atoms. The predicted molar refractivity (Wildman–Crippen MR) is 102 cm³/mol. The SMILES string of the molecule is CN(c1ccc(-c2cc3ccncc3s2)nn1)[C@@H]1CC2CCC(N2)[C@@H]1F. The van der Waals surface area contributed by atoms with Gasteiger partial charge in [-0.15, -0.1) is 21.5 Å². The Bertz CT molecular complexity index is 894. The van der Waals surface area contributed by atoms with Gasteiger partial charge < -0.3 is 10.2 Å². The zero-order valence-electron chi connectivity index (χ0n) is 14.5. The van der Waals surface area contributed by atoms with Crippen LogP contribution in [0.3, 0.4) is 0 Å². The minimum Gasteiger partial charge on any atom is -0.352 e. The topological polar surface area (TPSA) is 53.9 Å². The lowest BCUT2D eigenvalue weighted by molar-refractivity contribution is 0.176. The van der Waals surface area contributed by atoms with Gasteiger partial charge in [0.1, 0.15) is 11.9 Å². The molecule has 2 aliphatic rings. The summed E-state index contributed by atoms with van der Waals surface area (Å²) in [4.78, 5) is 7.19. The van der Waals surface area contributed by atoms with E-state index in [0.717, 1.165) is 45.7 Å². The van der Waals surface area contributed by atoms with Crippen LogP contribution in [0.25, 0.3) is 20.7 Å². The molecule has 0 aliphatic carbocycles. The maximum absolute atomic E-state index is 14.8. The highest BCUT2D eigenvalue weighted by Crippen LogP contribution is 2.34. The van der Waals surface area contributed by atoms with Crippen molar-refractivity contribution in [3.63, 3.8) is 0 Å². The number of hydrogen-bond acceptors (Lipinski definition) is 6. The van der Waals surface area contributed by atoms with E-state index in [9.17, 15) is 4.39 Å². The average molecular weight is 369 g/mol. The fraction of sp³-hybridized carbons (Fsp3) is 0.421. The minimum absolute atomic E-state index is 0.0133. The molecule has 7 heteroatoms. The molecule has 2 saturated heterocycles. The molecule has 26 heavy (non-hydrogen) atoms. The molecule has 2 fully saturated rings. The number of fused-ring (bicyclic) bond motifs is 3. The monoisotopic (exact) mass is 369 g/mol. The molecule has 5 rings (SSSR count). The third-order valence-electron chi connectivity index (χ3n) is 5.64. The Kier molecular flexibility index (Phi) is 3.86. The van der Waals surface area contributed by atoms with Crippen LogP contribution in [-0.4, -0.2) is 46.5 Å². The number of thiophene rings is 1. The van der Waals surface area contributed by atoms with Crippen LogP contribution in [0, 0.1) is 0 Å². The van der Waals surface area contributed by atoms with Gasteiger partial charge in [-0.05, 0) is 48.9 Å². The van der Waals surface area contributed by atoms with Crippen LogP contribution in [0.5, 0.6) is 0 Å². The van der Waals surface area contributed by atoms with Gasteiger partial charge in [0, 0.05) is 31.5 Å². The number of pyridine rings is 1. The summed E-state index contributed by atoms with van der Waals surface area (Å²) < 4.78 is 15.9. The molecule has 0 spiro atoms. The van der Waals surface area contributed by atoms with E-state index < -0.39 is 6.17 Å². The summed E-state index contributed by atoms with van der Waals surface area (Å²) in [6.07, 6.45) is 5.62. The number of halogens is 1. The van der Waals surface area contributed by atoms with Crippen molar-refractivity contribution in [2.24, 2.45) is 0 Å². The predicted octanol–water partition coefficient (Wildman–Crippen LogP) is 3.42. The zero-order chi connectivity index (χ0) is 17.7. The summed E-state index contributed by atoms with van der Waals surface area (Å²) in [5.74, 6) is 0.727. The van der Waals surface area contributed by atoms with Crippen LogP contribution in [-0.2, 0) is 0 Å². The number of anilines is 1. The second-order valence-electron chi connectivity index (χ2n) is 7.21. The molecular formula is C19H20FN5S. The fourth-order valence-corrected chi connectivity index (χ4v) is 5.17. The number of nitrogens with zero attached hydrogens (tertiary/aromatic N) is 4. The van der Waals surface area contributed by atoms with Gasteiger partial charge in [-0.2, -0.15) is 0 Å². The summed E-state index contributed by atoms with van der Waals surface area (Å²) in [5, 5.41) is 13.3. The van der Waals surface area contributed by atoms with E-state index >= 15 is 0 Å². The first-order valence-electron chi connectivity index (χ1n) is 8.99. The lowest BCUT2D eigenvalue weighted by Gasteiger charge is -2.38. The van der Waals surface area contributed by atoms with Gasteiger partial charge in [-0.3, -0.25) is 4.98 Å². The second kappa shape index (κ2) is 6.25. The lowest BCUT2D eigenvalue weighted by atomic mass is 9.96. The highest BCUT2D eigenvalue weighted by atomic mass is 32.1. The summed E-state index contributed by atoms with van der Waals surface area (Å²) >= 11 is 1.66. The van der Waals surface area contributed by atoms with E-state index in [1.807, 2.05) is 36.3 Å². The standard InChI is InChI=1S/C19H20FN5S/c1-25(15-9-12-2-3-14(22-12)19(15)20)18-5-4-13(23-24-18)16-8-11-6-7-21-10-17(11)26-16/h4-8,10,12,14-15,19,22H,2-3,9H2,1H3/t12?,14?,15-,19+/m1/s1. The molecule has 2 aliphatic heterocycles. The minimum atomic E-state index is -0.865. The zero-order valence-corrected chi connectivity index (χ0v) is 15.3. The van der Waals surface area contributed by atoms with Gasteiger partial charge in [-0.25, -0.2) is 4.39 Å². The van der Waals surface area contributed by atoms with Crippen molar-refractivity contribution < 1.29 is 4.39 Å². The van der Waals surface area contributed by atoms with Crippen molar-refractivity contribution in [2.75, 3.05) is 11.9 Å². The van der Waals surface area contributed by atoms with Crippen LogP contribution in [0.1, 0.15) is 19.3 Å². The van der Waals surface area contributed by atoms with Crippen molar-refractivity contribution in [3.05, 3.63) is 36.7 Å². The number of alkyl halides is 1. The Morgan fingerprint density at radius 1 is 1.23 bits per heavy atom. The van der Waals surface area contributed by atoms with Crippen LogP contribution >= 0.6 is 11.3 Å². The van der Waals surface area contributed by atoms with E-state index in [4.69, 9.17) is 0 Å². The third kappa shape index (κ3) is 2.66. The molecule has 0 aromatic carbocycles. The molecule has 5 heterocycles. The number of piperidine rings is 1. The van der Waals surface area contributed by atoms with Crippen LogP contribution in [0.15, 0.2) is 36.7 Å². The molecular weight excluding hydrogens is 349 g/mol. The second-order valence-corrected chi connectivity index (χ2v) is 8.29. The third-order valence-corrected chi connectivity index (χ3v) is 6.75. The van der Waals surface area contributed by atoms with E-state index in [-0.39, 0.29) is 12.1 Å². The van der Waals surface area contributed by atoms with E-state index in [1.165, 1.54) is 0 Å². The van der Waals surface area contributed by atoms with Gasteiger partial charge >= 0.3 is 0 Å². The molecule has 134 valence electrons. The highest BCUT2D eigenvalue weighted by Gasteiger charge is 2.43. The van der Waals surface area contributed by atoms with Gasteiger partial charge in [0.25, 0.3) is 0 Å². The van der Waals surface area contributed by atoms with Gasteiger partial charge in [0.2, 0.25) is 0 Å². The summed E-state index contributed by atoms with van der Waals surface area (Å²) in [5.41, 5.74) is 0.838. The Morgan fingerprint density at radius 2 is 2.15 bits per heavy atom. The Hall–Kier alpha value is -2.12. The molecule has 3 aromatic rings. The van der Waals surface area contributed by atoms with E-state index in [2.05, 4.69) is 26.6 Å². The van der Waals surface area contributed by atoms with Crippen molar-refractivity contribution in [2.45, 2.75) is 43.6 Å². The number of rotatable bonds is 3. The Morgan fingerprint density at radius 3 is 2.96 bits per heavy atom. The fourth-order valence-electron chi connectivity index (χ4n) is 4.17. The summed E-state index contributed by atoms with van der Waals surface area (Å²) in [6.45, 7) is 0. The number of hydrogen-bond donors (Lipinski definition) is 1. The number of nitrogens with one attached hydrogen (secondary N) is 1. The lowest BCUT2D eigenvalue weighted by Crippen LogP contribution is -2.55. The summed E-state index contributed by atoms with van der Waals surface area (Å²) in [6, 6.07) is 8.31. The van der Waals surface area contributed by atoms with Crippen LogP contribution in [0.2, 0.25) is 0 Å². The normalized spacial score (nSPS) is 27.8. The molecule has 2 unspecified atom stereocenters. The smallest absolute Gasteiger partial charge is 0.151 e. The average Bonchev–Trinajstić information content (AvgIpc) is 3.29. The first-order chi connectivity index (χ1) is 12.7. The van der Waals surface area contributed by atoms with E-state index in [0.29, 0.717) is 6.04 Å². The molecule has 0 saturated carbocycles. The molecule has 1 N–H and O–H groups in total. The van der Waals surface area contributed by atoms with Gasteiger partial charge in [0.05, 0.1) is 15.6 Å². The van der Waals surface area contributed by atoms with Crippen molar-refractivity contribution in [1.82, 2.24) is 20.5 Å². The molecule has 3 aromatic heterocycles. The summed E-state index contributed by atoms with van der Waals surface area (Å²) in [7, 11) is 1.93. The molecule has 4 atom stereocenters. The Labute approximate surface area is 155 Å². The Balaban J connectivity index is 1.39. The van der Waals surface area contributed by atoms with Crippen molar-refractivity contribution in [3.8, 4) is 10.6 Å².